The van der Waals surface area contributed by atoms with Crippen LogP contribution >= 0.6 is 0 Å². The highest BCUT2D eigenvalue weighted by Crippen LogP contribution is 2.29. The first-order valence-corrected chi connectivity index (χ1v) is 8.65. The fourth-order valence-corrected chi connectivity index (χ4v) is 4.00. The number of carbonyl (C=O) groups is 2. The van der Waals surface area contributed by atoms with Crippen molar-refractivity contribution in [3.63, 3.8) is 0 Å². The molecule has 5 heteroatoms. The normalized spacial score (nSPS) is 24.8. The standard InChI is InChI=1S/C18H23N3O2/c22-17-16-12-14-6-2-3-7-15(14)13-21(16)18(23)20(17)11-10-19-8-4-1-5-9-19/h2-3,6-7,16H,1,4-5,8-13H2. The number of piperidine rings is 1. The summed E-state index contributed by atoms with van der Waals surface area (Å²) in [5, 5.41) is 0. The van der Waals surface area contributed by atoms with E-state index in [4.69, 9.17) is 0 Å². The molecular weight excluding hydrogens is 290 g/mol. The van der Waals surface area contributed by atoms with Gasteiger partial charge in [-0.1, -0.05) is 30.7 Å². The topological polar surface area (TPSA) is 43.9 Å². The highest BCUT2D eigenvalue weighted by Gasteiger charge is 2.46. The smallest absolute Gasteiger partial charge is 0.308 e. The Morgan fingerprint density at radius 1 is 0.957 bits per heavy atom. The molecule has 3 aliphatic heterocycles. The van der Waals surface area contributed by atoms with Gasteiger partial charge in [0.2, 0.25) is 0 Å². The van der Waals surface area contributed by atoms with Crippen LogP contribution in [-0.4, -0.2) is 58.9 Å². The van der Waals surface area contributed by atoms with E-state index in [1.807, 2.05) is 12.1 Å². The molecular formula is C18H23N3O2. The molecule has 3 aliphatic rings. The lowest BCUT2D eigenvalue weighted by Crippen LogP contribution is -2.41. The molecule has 0 aromatic heterocycles. The van der Waals surface area contributed by atoms with Crippen LogP contribution in [0.1, 0.15) is 30.4 Å². The first-order valence-electron chi connectivity index (χ1n) is 8.65. The van der Waals surface area contributed by atoms with Gasteiger partial charge in [-0.15, -0.1) is 0 Å². The second kappa shape index (κ2) is 5.96. The van der Waals surface area contributed by atoms with Crippen molar-refractivity contribution >= 4 is 11.9 Å². The highest BCUT2D eigenvalue weighted by molar-refractivity contribution is 6.04. The lowest BCUT2D eigenvalue weighted by molar-refractivity contribution is -0.128. The molecule has 23 heavy (non-hydrogen) atoms. The van der Waals surface area contributed by atoms with Gasteiger partial charge in [-0.2, -0.15) is 0 Å². The number of rotatable bonds is 3. The van der Waals surface area contributed by atoms with E-state index >= 15 is 0 Å². The predicted octanol–water partition coefficient (Wildman–Crippen LogP) is 1.86. The van der Waals surface area contributed by atoms with E-state index in [2.05, 4.69) is 17.0 Å². The van der Waals surface area contributed by atoms with Gasteiger partial charge < -0.3 is 9.80 Å². The molecule has 0 radical (unpaired) electrons. The van der Waals surface area contributed by atoms with Crippen LogP contribution in [0.3, 0.4) is 0 Å². The molecule has 3 amide bonds. The van der Waals surface area contributed by atoms with Crippen molar-refractivity contribution in [2.24, 2.45) is 0 Å². The number of carbonyl (C=O) groups excluding carboxylic acids is 2. The van der Waals surface area contributed by atoms with Crippen molar-refractivity contribution in [3.05, 3.63) is 35.4 Å². The third-order valence-electron chi connectivity index (χ3n) is 5.36. The first kappa shape index (κ1) is 14.7. The van der Waals surface area contributed by atoms with Crippen LogP contribution in [0.5, 0.6) is 0 Å². The Hall–Kier alpha value is -1.88. The fraction of sp³-hybridized carbons (Fsp3) is 0.556. The summed E-state index contributed by atoms with van der Waals surface area (Å²) in [5.74, 6) is -0.0125. The Labute approximate surface area is 136 Å². The molecule has 0 N–H and O–H groups in total. The predicted molar refractivity (Wildman–Crippen MR) is 86.9 cm³/mol. The number of benzene rings is 1. The van der Waals surface area contributed by atoms with Crippen LogP contribution in [0.15, 0.2) is 24.3 Å². The molecule has 1 aromatic rings. The summed E-state index contributed by atoms with van der Waals surface area (Å²) in [5.41, 5.74) is 2.37. The molecule has 2 fully saturated rings. The van der Waals surface area contributed by atoms with Crippen LogP contribution in [-0.2, 0) is 17.8 Å². The van der Waals surface area contributed by atoms with Crippen molar-refractivity contribution in [3.8, 4) is 0 Å². The summed E-state index contributed by atoms with van der Waals surface area (Å²) in [6.07, 6.45) is 4.41. The Kier molecular flexibility index (Phi) is 3.81. The van der Waals surface area contributed by atoms with Crippen molar-refractivity contribution in [1.82, 2.24) is 14.7 Å². The van der Waals surface area contributed by atoms with E-state index in [-0.39, 0.29) is 18.0 Å². The largest absolute Gasteiger partial charge is 0.327 e. The summed E-state index contributed by atoms with van der Waals surface area (Å²) in [4.78, 5) is 30.9. The number of hydrogen-bond acceptors (Lipinski definition) is 3. The SMILES string of the molecule is O=C1C2Cc3ccccc3CN2C(=O)N1CCN1CCCCC1. The average molecular weight is 313 g/mol. The molecule has 122 valence electrons. The van der Waals surface area contributed by atoms with E-state index in [0.29, 0.717) is 19.5 Å². The fourth-order valence-electron chi connectivity index (χ4n) is 4.00. The number of amides is 3. The number of fused-ring (bicyclic) bond motifs is 2. The second-order valence-electron chi connectivity index (χ2n) is 6.79. The lowest BCUT2D eigenvalue weighted by Gasteiger charge is -2.29. The Morgan fingerprint density at radius 2 is 1.70 bits per heavy atom. The summed E-state index contributed by atoms with van der Waals surface area (Å²) in [6.45, 7) is 4.08. The summed E-state index contributed by atoms with van der Waals surface area (Å²) in [7, 11) is 0. The summed E-state index contributed by atoms with van der Waals surface area (Å²) < 4.78 is 0. The van der Waals surface area contributed by atoms with Gasteiger partial charge in [0, 0.05) is 26.1 Å². The molecule has 3 heterocycles. The van der Waals surface area contributed by atoms with Crippen LogP contribution in [0, 0.1) is 0 Å². The van der Waals surface area contributed by atoms with Gasteiger partial charge in [0.15, 0.2) is 0 Å². The minimum Gasteiger partial charge on any atom is -0.308 e. The van der Waals surface area contributed by atoms with Crippen LogP contribution in [0.4, 0.5) is 4.79 Å². The molecule has 0 spiro atoms. The minimum absolute atomic E-state index is 0.0125. The average Bonchev–Trinajstić information content (AvgIpc) is 2.83. The molecule has 1 aromatic carbocycles. The third kappa shape index (κ3) is 2.63. The molecule has 0 bridgehead atoms. The molecule has 0 aliphatic carbocycles. The van der Waals surface area contributed by atoms with E-state index in [9.17, 15) is 9.59 Å². The number of hydrogen-bond donors (Lipinski definition) is 0. The summed E-state index contributed by atoms with van der Waals surface area (Å²) in [6, 6.07) is 7.73. The molecule has 0 saturated carbocycles. The Morgan fingerprint density at radius 3 is 2.48 bits per heavy atom. The van der Waals surface area contributed by atoms with Crippen LogP contribution in [0.25, 0.3) is 0 Å². The highest BCUT2D eigenvalue weighted by atomic mass is 16.2. The zero-order valence-corrected chi connectivity index (χ0v) is 13.4. The molecule has 2 saturated heterocycles. The summed E-state index contributed by atoms with van der Waals surface area (Å²) >= 11 is 0. The molecule has 5 nitrogen and oxygen atoms in total. The second-order valence-corrected chi connectivity index (χ2v) is 6.79. The van der Waals surface area contributed by atoms with Crippen molar-refractivity contribution in [1.29, 1.82) is 0 Å². The van der Waals surface area contributed by atoms with Crippen molar-refractivity contribution in [2.75, 3.05) is 26.2 Å². The van der Waals surface area contributed by atoms with Crippen LogP contribution in [0.2, 0.25) is 0 Å². The maximum Gasteiger partial charge on any atom is 0.327 e. The molecule has 4 rings (SSSR count). The molecule has 1 unspecified atom stereocenters. The maximum atomic E-state index is 12.7. The van der Waals surface area contributed by atoms with Gasteiger partial charge in [0.25, 0.3) is 5.91 Å². The minimum atomic E-state index is -0.293. The van der Waals surface area contributed by atoms with Crippen molar-refractivity contribution < 1.29 is 9.59 Å². The number of nitrogens with zero attached hydrogens (tertiary/aromatic N) is 3. The van der Waals surface area contributed by atoms with E-state index < -0.39 is 0 Å². The number of likely N-dealkylation sites (tertiary alicyclic amines) is 1. The third-order valence-corrected chi connectivity index (χ3v) is 5.36. The van der Waals surface area contributed by atoms with E-state index in [0.717, 1.165) is 19.6 Å². The Balaban J connectivity index is 1.45. The lowest BCUT2D eigenvalue weighted by atomic mass is 9.95. The van der Waals surface area contributed by atoms with Gasteiger partial charge in [-0.3, -0.25) is 9.69 Å². The van der Waals surface area contributed by atoms with Gasteiger partial charge >= 0.3 is 6.03 Å². The first-order chi connectivity index (χ1) is 11.2. The zero-order chi connectivity index (χ0) is 15.8. The Bertz CT molecular complexity index is 581. The van der Waals surface area contributed by atoms with Gasteiger partial charge in [-0.25, -0.2) is 4.79 Å². The van der Waals surface area contributed by atoms with Gasteiger partial charge in [-0.05, 0) is 37.1 Å². The number of imide groups is 1. The molecule has 1 atom stereocenters. The monoisotopic (exact) mass is 313 g/mol. The van der Waals surface area contributed by atoms with Gasteiger partial charge in [0.1, 0.15) is 6.04 Å². The van der Waals surface area contributed by atoms with E-state index in [1.54, 1.807) is 4.90 Å². The van der Waals surface area contributed by atoms with E-state index in [1.165, 1.54) is 35.3 Å². The number of urea groups is 1. The zero-order valence-electron chi connectivity index (χ0n) is 13.4. The maximum absolute atomic E-state index is 12.7. The van der Waals surface area contributed by atoms with Crippen LogP contribution < -0.4 is 0 Å². The van der Waals surface area contributed by atoms with Gasteiger partial charge in [0.05, 0.1) is 0 Å². The van der Waals surface area contributed by atoms with Crippen molar-refractivity contribution in [2.45, 2.75) is 38.3 Å². The quantitative estimate of drug-likeness (QED) is 0.800.